The molecule has 1 saturated heterocycles. The first kappa shape index (κ1) is 15.1. The molecule has 0 atom stereocenters. The number of rotatable bonds is 4. The van der Waals surface area contributed by atoms with Crippen LogP contribution < -0.4 is 4.74 Å². The maximum absolute atomic E-state index is 13.6. The average Bonchev–Trinajstić information content (AvgIpc) is 2.83. The molecule has 0 amide bonds. The Kier molecular flexibility index (Phi) is 3.73. The largest absolute Gasteiger partial charge is 0.485 e. The van der Waals surface area contributed by atoms with Crippen LogP contribution in [0, 0.1) is 18.6 Å². The summed E-state index contributed by atoms with van der Waals surface area (Å²) in [5.41, 5.74) is 3.10. The predicted octanol–water partition coefficient (Wildman–Crippen LogP) is 4.02. The van der Waals surface area contributed by atoms with Crippen LogP contribution in [0.25, 0.3) is 10.9 Å². The van der Waals surface area contributed by atoms with Crippen molar-refractivity contribution >= 4 is 10.9 Å². The topological polar surface area (TPSA) is 28.3 Å². The minimum absolute atomic E-state index is 0.00373. The van der Waals surface area contributed by atoms with Gasteiger partial charge in [0, 0.05) is 36.2 Å². The van der Waals surface area contributed by atoms with Gasteiger partial charge in [0.25, 0.3) is 0 Å². The summed E-state index contributed by atoms with van der Waals surface area (Å²) in [4.78, 5) is 5.58. The van der Waals surface area contributed by atoms with Crippen LogP contribution in [0.15, 0.2) is 42.5 Å². The Morgan fingerprint density at radius 3 is 2.75 bits per heavy atom. The molecule has 24 heavy (non-hydrogen) atoms. The number of nitrogens with zero attached hydrogens (tertiary/aromatic N) is 1. The second kappa shape index (κ2) is 5.91. The Balaban J connectivity index is 1.40. The van der Waals surface area contributed by atoms with Gasteiger partial charge in [-0.05, 0) is 42.8 Å². The van der Waals surface area contributed by atoms with Crippen molar-refractivity contribution < 1.29 is 13.5 Å². The van der Waals surface area contributed by atoms with Crippen LogP contribution in [-0.2, 0) is 6.54 Å². The Hall–Kier alpha value is -2.40. The first-order chi connectivity index (χ1) is 11.6. The van der Waals surface area contributed by atoms with Crippen molar-refractivity contribution in [1.29, 1.82) is 0 Å². The average molecular weight is 328 g/mol. The highest BCUT2D eigenvalue weighted by Gasteiger charge is 2.29. The maximum atomic E-state index is 13.6. The van der Waals surface area contributed by atoms with Gasteiger partial charge < -0.3 is 9.72 Å². The van der Waals surface area contributed by atoms with Gasteiger partial charge in [0.15, 0.2) is 11.6 Å². The molecule has 0 aliphatic carbocycles. The lowest BCUT2D eigenvalue weighted by Gasteiger charge is -2.38. The van der Waals surface area contributed by atoms with Crippen molar-refractivity contribution in [3.8, 4) is 5.75 Å². The third-order valence-electron chi connectivity index (χ3n) is 4.56. The first-order valence-corrected chi connectivity index (χ1v) is 8.00. The number of H-pyrrole nitrogens is 1. The van der Waals surface area contributed by atoms with Crippen LogP contribution in [0.3, 0.4) is 0 Å². The summed E-state index contributed by atoms with van der Waals surface area (Å²) < 4.78 is 32.6. The number of hydrogen-bond donors (Lipinski definition) is 1. The molecule has 3 nitrogen and oxygen atoms in total. The zero-order valence-electron chi connectivity index (χ0n) is 13.4. The van der Waals surface area contributed by atoms with Crippen LogP contribution in [0.1, 0.15) is 11.3 Å². The summed E-state index contributed by atoms with van der Waals surface area (Å²) in [6.07, 6.45) is 0.00373. The van der Waals surface area contributed by atoms with Crippen molar-refractivity contribution in [3.63, 3.8) is 0 Å². The van der Waals surface area contributed by atoms with Crippen LogP contribution in [0.2, 0.25) is 0 Å². The van der Waals surface area contributed by atoms with Crippen molar-refractivity contribution in [2.45, 2.75) is 19.6 Å². The van der Waals surface area contributed by atoms with Gasteiger partial charge in [0.1, 0.15) is 11.9 Å². The fourth-order valence-electron chi connectivity index (χ4n) is 3.18. The lowest BCUT2D eigenvalue weighted by atomic mass is 10.1. The van der Waals surface area contributed by atoms with Gasteiger partial charge >= 0.3 is 0 Å². The first-order valence-electron chi connectivity index (χ1n) is 8.00. The molecule has 4 rings (SSSR count). The zero-order chi connectivity index (χ0) is 16.7. The Bertz CT molecular complexity index is 884. The molecule has 0 unspecified atom stereocenters. The van der Waals surface area contributed by atoms with Gasteiger partial charge in [0.05, 0.1) is 0 Å². The molecule has 2 aromatic carbocycles. The number of aryl methyl sites for hydroxylation is 1. The molecule has 1 aromatic heterocycles. The van der Waals surface area contributed by atoms with E-state index in [-0.39, 0.29) is 17.7 Å². The molecule has 0 bridgehead atoms. The molecule has 1 fully saturated rings. The molecule has 0 spiro atoms. The highest BCUT2D eigenvalue weighted by atomic mass is 19.1. The second-order valence-corrected chi connectivity index (χ2v) is 6.28. The summed E-state index contributed by atoms with van der Waals surface area (Å²) in [5, 5.41) is 0.921. The van der Waals surface area contributed by atoms with Gasteiger partial charge in [-0.1, -0.05) is 12.1 Å². The van der Waals surface area contributed by atoms with Crippen LogP contribution in [0.5, 0.6) is 5.75 Å². The molecule has 124 valence electrons. The SMILES string of the molecule is Cc1c(CN2CC(Oc3ccccc3F)C2)[nH]c2ccc(F)cc12. The Labute approximate surface area is 138 Å². The molecule has 5 heteroatoms. The normalized spacial score (nSPS) is 15.6. The van der Waals surface area contributed by atoms with E-state index >= 15 is 0 Å². The number of ether oxygens (including phenoxy) is 1. The van der Waals surface area contributed by atoms with E-state index in [1.54, 1.807) is 30.3 Å². The minimum Gasteiger partial charge on any atom is -0.485 e. The lowest BCUT2D eigenvalue weighted by molar-refractivity contribution is 0.0116. The Morgan fingerprint density at radius 2 is 1.96 bits per heavy atom. The zero-order valence-corrected chi connectivity index (χ0v) is 13.4. The third-order valence-corrected chi connectivity index (χ3v) is 4.56. The summed E-state index contributed by atoms with van der Waals surface area (Å²) in [6.45, 7) is 4.25. The van der Waals surface area contributed by atoms with Crippen molar-refractivity contribution in [3.05, 3.63) is 65.4 Å². The number of nitrogens with one attached hydrogen (secondary N) is 1. The quantitative estimate of drug-likeness (QED) is 0.783. The molecule has 3 aromatic rings. The molecule has 1 N–H and O–H groups in total. The summed E-state index contributed by atoms with van der Waals surface area (Å²) in [5.74, 6) is -0.248. The van der Waals surface area contributed by atoms with E-state index < -0.39 is 0 Å². The van der Waals surface area contributed by atoms with Gasteiger partial charge in [-0.15, -0.1) is 0 Å². The van der Waals surface area contributed by atoms with Crippen molar-refractivity contribution in [2.75, 3.05) is 13.1 Å². The lowest BCUT2D eigenvalue weighted by Crippen LogP contribution is -2.53. The molecule has 1 aliphatic rings. The van der Waals surface area contributed by atoms with Gasteiger partial charge in [0.2, 0.25) is 0 Å². The monoisotopic (exact) mass is 328 g/mol. The molecular formula is C19H18F2N2O. The van der Waals surface area contributed by atoms with E-state index in [0.29, 0.717) is 5.75 Å². The third kappa shape index (κ3) is 2.76. The number of halogens is 2. The number of likely N-dealkylation sites (tertiary alicyclic amines) is 1. The maximum Gasteiger partial charge on any atom is 0.165 e. The van der Waals surface area contributed by atoms with Gasteiger partial charge in [-0.2, -0.15) is 0 Å². The number of hydrogen-bond acceptors (Lipinski definition) is 2. The van der Waals surface area contributed by atoms with Crippen LogP contribution >= 0.6 is 0 Å². The van der Waals surface area contributed by atoms with Crippen LogP contribution in [-0.4, -0.2) is 29.1 Å². The van der Waals surface area contributed by atoms with Crippen molar-refractivity contribution in [2.24, 2.45) is 0 Å². The number of aromatic nitrogens is 1. The number of aromatic amines is 1. The molecule has 0 radical (unpaired) electrons. The second-order valence-electron chi connectivity index (χ2n) is 6.28. The molecule has 1 aliphatic heterocycles. The van der Waals surface area contributed by atoms with E-state index in [9.17, 15) is 8.78 Å². The van der Waals surface area contributed by atoms with Crippen LogP contribution in [0.4, 0.5) is 8.78 Å². The molecular weight excluding hydrogens is 310 g/mol. The van der Waals surface area contributed by atoms with Crippen molar-refractivity contribution in [1.82, 2.24) is 9.88 Å². The molecule has 0 saturated carbocycles. The highest BCUT2D eigenvalue weighted by molar-refractivity contribution is 5.84. The van der Waals surface area contributed by atoms with E-state index in [1.807, 2.05) is 6.92 Å². The predicted molar refractivity (Wildman–Crippen MR) is 89.1 cm³/mol. The van der Waals surface area contributed by atoms with Gasteiger partial charge in [-0.3, -0.25) is 4.90 Å². The summed E-state index contributed by atoms with van der Waals surface area (Å²) >= 11 is 0. The highest BCUT2D eigenvalue weighted by Crippen LogP contribution is 2.26. The fraction of sp³-hybridized carbons (Fsp3) is 0.263. The van der Waals surface area contributed by atoms with E-state index in [2.05, 4.69) is 9.88 Å². The minimum atomic E-state index is -0.329. The number of benzene rings is 2. The summed E-state index contributed by atoms with van der Waals surface area (Å²) in [7, 11) is 0. The summed E-state index contributed by atoms with van der Waals surface area (Å²) in [6, 6.07) is 11.3. The Morgan fingerprint density at radius 1 is 1.17 bits per heavy atom. The standard InChI is InChI=1S/C19H18F2N2O/c1-12-15-8-13(20)6-7-17(15)22-18(12)11-23-9-14(10-23)24-19-5-3-2-4-16(19)21/h2-8,14,22H,9-11H2,1H3. The molecule has 2 heterocycles. The van der Waals surface area contributed by atoms with Gasteiger partial charge in [-0.25, -0.2) is 8.78 Å². The number of para-hydroxylation sites is 1. The smallest absolute Gasteiger partial charge is 0.165 e. The fourth-order valence-corrected chi connectivity index (χ4v) is 3.18. The van der Waals surface area contributed by atoms with E-state index in [1.165, 1.54) is 12.1 Å². The van der Waals surface area contributed by atoms with E-state index in [0.717, 1.165) is 41.8 Å². The number of fused-ring (bicyclic) bond motifs is 1. The van der Waals surface area contributed by atoms with E-state index in [4.69, 9.17) is 4.74 Å².